The van der Waals surface area contributed by atoms with Gasteiger partial charge in [-0.2, -0.15) is 5.10 Å². The van der Waals surface area contributed by atoms with Crippen molar-refractivity contribution in [2.24, 2.45) is 5.92 Å². The molecule has 1 aromatic heterocycles. The van der Waals surface area contributed by atoms with Gasteiger partial charge >= 0.3 is 0 Å². The fraction of sp³-hybridized carbons (Fsp3) is 0.812. The third-order valence-corrected chi connectivity index (χ3v) is 4.82. The maximum Gasteiger partial charge on any atom is 0.108 e. The molecule has 1 aromatic rings. The molecule has 0 saturated heterocycles. The standard InChI is InChI=1S/C16H27ClN2O/c1-4-6-13-7-5-9-16(20,10-8-13)15-14(17)11-18-19(15)12(2)3/h11-13,20H,4-10H2,1-3H3. The normalized spacial score (nSPS) is 27.8. The van der Waals surface area contributed by atoms with Crippen LogP contribution in [0.15, 0.2) is 6.20 Å². The number of nitrogens with zero attached hydrogens (tertiary/aromatic N) is 2. The highest BCUT2D eigenvalue weighted by atomic mass is 35.5. The van der Waals surface area contributed by atoms with Crippen molar-refractivity contribution < 1.29 is 5.11 Å². The Labute approximate surface area is 127 Å². The van der Waals surface area contributed by atoms with Crippen LogP contribution < -0.4 is 0 Å². The van der Waals surface area contributed by atoms with E-state index in [1.54, 1.807) is 6.20 Å². The van der Waals surface area contributed by atoms with Crippen LogP contribution in [0, 0.1) is 5.92 Å². The van der Waals surface area contributed by atoms with Gasteiger partial charge in [-0.1, -0.05) is 37.8 Å². The maximum absolute atomic E-state index is 11.2. The van der Waals surface area contributed by atoms with Crippen LogP contribution in [-0.2, 0) is 5.60 Å². The molecule has 3 nitrogen and oxygen atoms in total. The lowest BCUT2D eigenvalue weighted by molar-refractivity contribution is 0.00982. The highest BCUT2D eigenvalue weighted by Crippen LogP contribution is 2.42. The molecule has 1 aliphatic carbocycles. The minimum Gasteiger partial charge on any atom is -0.384 e. The summed E-state index contributed by atoms with van der Waals surface area (Å²) in [6.45, 7) is 6.39. The third kappa shape index (κ3) is 3.20. The summed E-state index contributed by atoms with van der Waals surface area (Å²) in [6, 6.07) is 0.219. The quantitative estimate of drug-likeness (QED) is 0.819. The minimum atomic E-state index is -0.805. The number of halogens is 1. The molecule has 0 aliphatic heterocycles. The summed E-state index contributed by atoms with van der Waals surface area (Å²) in [5, 5.41) is 16.1. The predicted molar refractivity (Wildman–Crippen MR) is 83.0 cm³/mol. The van der Waals surface area contributed by atoms with Gasteiger partial charge in [0.25, 0.3) is 0 Å². The van der Waals surface area contributed by atoms with Gasteiger partial charge in [0.2, 0.25) is 0 Å². The van der Waals surface area contributed by atoms with Gasteiger partial charge in [-0.3, -0.25) is 4.68 Å². The van der Waals surface area contributed by atoms with Crippen molar-refractivity contribution in [1.29, 1.82) is 0 Å². The molecule has 1 fully saturated rings. The van der Waals surface area contributed by atoms with Gasteiger partial charge in [-0.15, -0.1) is 0 Å². The first kappa shape index (κ1) is 15.8. The van der Waals surface area contributed by atoms with Crippen LogP contribution in [0.2, 0.25) is 5.02 Å². The van der Waals surface area contributed by atoms with E-state index in [0.717, 1.165) is 37.3 Å². The first-order chi connectivity index (χ1) is 9.48. The molecular formula is C16H27ClN2O. The van der Waals surface area contributed by atoms with E-state index in [1.807, 2.05) is 4.68 Å². The molecule has 0 aromatic carbocycles. The van der Waals surface area contributed by atoms with E-state index in [-0.39, 0.29) is 6.04 Å². The van der Waals surface area contributed by atoms with Gasteiger partial charge in [-0.25, -0.2) is 0 Å². The Balaban J connectivity index is 2.24. The monoisotopic (exact) mass is 298 g/mol. The van der Waals surface area contributed by atoms with E-state index in [4.69, 9.17) is 11.6 Å². The van der Waals surface area contributed by atoms with Crippen LogP contribution in [0.5, 0.6) is 0 Å². The Morgan fingerprint density at radius 2 is 2.20 bits per heavy atom. The molecule has 4 heteroatoms. The Morgan fingerprint density at radius 1 is 1.45 bits per heavy atom. The van der Waals surface area contributed by atoms with Crippen LogP contribution in [-0.4, -0.2) is 14.9 Å². The number of rotatable bonds is 4. The van der Waals surface area contributed by atoms with Crippen molar-refractivity contribution in [2.45, 2.75) is 77.4 Å². The van der Waals surface area contributed by atoms with Crippen LogP contribution in [0.1, 0.15) is 77.5 Å². The lowest BCUT2D eigenvalue weighted by Gasteiger charge is -2.29. The molecule has 0 radical (unpaired) electrons. The average Bonchev–Trinajstić information content (AvgIpc) is 2.69. The van der Waals surface area contributed by atoms with E-state index < -0.39 is 5.60 Å². The van der Waals surface area contributed by atoms with E-state index in [0.29, 0.717) is 5.02 Å². The van der Waals surface area contributed by atoms with E-state index in [1.165, 1.54) is 19.3 Å². The van der Waals surface area contributed by atoms with Gasteiger partial charge in [0.05, 0.1) is 16.9 Å². The second kappa shape index (κ2) is 6.48. The number of hydrogen-bond acceptors (Lipinski definition) is 2. The number of aromatic nitrogens is 2. The number of hydrogen-bond donors (Lipinski definition) is 1. The van der Waals surface area contributed by atoms with E-state index in [2.05, 4.69) is 25.9 Å². The topological polar surface area (TPSA) is 38.1 Å². The Bertz CT molecular complexity index is 444. The van der Waals surface area contributed by atoms with E-state index >= 15 is 0 Å². The van der Waals surface area contributed by atoms with Gasteiger partial charge in [0, 0.05) is 6.04 Å². The largest absolute Gasteiger partial charge is 0.384 e. The molecule has 0 bridgehead atoms. The molecule has 2 rings (SSSR count). The summed E-state index contributed by atoms with van der Waals surface area (Å²) < 4.78 is 1.89. The van der Waals surface area contributed by atoms with Crippen LogP contribution in [0.4, 0.5) is 0 Å². The smallest absolute Gasteiger partial charge is 0.108 e. The SMILES string of the molecule is CCCC1CCCC(O)(c2c(Cl)cnn2C(C)C)CC1. The minimum absolute atomic E-state index is 0.219. The fourth-order valence-electron chi connectivity index (χ4n) is 3.50. The Morgan fingerprint density at radius 3 is 2.85 bits per heavy atom. The zero-order valence-corrected chi connectivity index (χ0v) is 13.7. The summed E-state index contributed by atoms with van der Waals surface area (Å²) in [5.74, 6) is 0.753. The van der Waals surface area contributed by atoms with Crippen molar-refractivity contribution in [2.75, 3.05) is 0 Å². The molecule has 2 unspecified atom stereocenters. The zero-order valence-electron chi connectivity index (χ0n) is 12.9. The second-order valence-electron chi connectivity index (χ2n) is 6.50. The van der Waals surface area contributed by atoms with Crippen LogP contribution in [0.3, 0.4) is 0 Å². The molecule has 0 spiro atoms. The van der Waals surface area contributed by atoms with Gasteiger partial charge < -0.3 is 5.11 Å². The van der Waals surface area contributed by atoms with Crippen molar-refractivity contribution in [1.82, 2.24) is 9.78 Å². The summed E-state index contributed by atoms with van der Waals surface area (Å²) in [6.07, 6.45) is 9.15. The first-order valence-corrected chi connectivity index (χ1v) is 8.31. The van der Waals surface area contributed by atoms with E-state index in [9.17, 15) is 5.11 Å². The number of aliphatic hydroxyl groups is 1. The molecule has 20 heavy (non-hydrogen) atoms. The summed E-state index contributed by atoms with van der Waals surface area (Å²) in [5.41, 5.74) is 0.0201. The molecule has 1 saturated carbocycles. The molecule has 0 amide bonds. The van der Waals surface area contributed by atoms with Crippen molar-refractivity contribution in [3.05, 3.63) is 16.9 Å². The molecule has 2 atom stereocenters. The molecule has 1 heterocycles. The highest BCUT2D eigenvalue weighted by molar-refractivity contribution is 6.31. The lowest BCUT2D eigenvalue weighted by atomic mass is 9.89. The molecular weight excluding hydrogens is 272 g/mol. The Hall–Kier alpha value is -0.540. The molecule has 114 valence electrons. The van der Waals surface area contributed by atoms with Crippen molar-refractivity contribution >= 4 is 11.6 Å². The second-order valence-corrected chi connectivity index (χ2v) is 6.90. The summed E-state index contributed by atoms with van der Waals surface area (Å²) in [7, 11) is 0. The van der Waals surface area contributed by atoms with Gasteiger partial charge in [0.1, 0.15) is 5.60 Å². The highest BCUT2D eigenvalue weighted by Gasteiger charge is 2.37. The molecule has 1 N–H and O–H groups in total. The van der Waals surface area contributed by atoms with Crippen LogP contribution >= 0.6 is 11.6 Å². The zero-order chi connectivity index (χ0) is 14.8. The third-order valence-electron chi connectivity index (χ3n) is 4.55. The van der Waals surface area contributed by atoms with Crippen molar-refractivity contribution in [3.8, 4) is 0 Å². The Kier molecular flexibility index (Phi) is 5.14. The first-order valence-electron chi connectivity index (χ1n) is 7.93. The predicted octanol–water partition coefficient (Wildman–Crippen LogP) is 4.69. The fourth-order valence-corrected chi connectivity index (χ4v) is 3.80. The summed E-state index contributed by atoms with van der Waals surface area (Å²) >= 11 is 6.32. The van der Waals surface area contributed by atoms with Crippen molar-refractivity contribution in [3.63, 3.8) is 0 Å². The summed E-state index contributed by atoms with van der Waals surface area (Å²) in [4.78, 5) is 0. The average molecular weight is 299 g/mol. The van der Waals surface area contributed by atoms with Gasteiger partial charge in [-0.05, 0) is 45.4 Å². The van der Waals surface area contributed by atoms with Crippen LogP contribution in [0.25, 0.3) is 0 Å². The maximum atomic E-state index is 11.2. The van der Waals surface area contributed by atoms with Gasteiger partial charge in [0.15, 0.2) is 0 Å². The molecule has 1 aliphatic rings. The lowest BCUT2D eigenvalue weighted by Crippen LogP contribution is -2.29.